The molecule has 1 aromatic heterocycles. The molecule has 1 N–H and O–H groups in total. The zero-order chi connectivity index (χ0) is 28.2. The van der Waals surface area contributed by atoms with Gasteiger partial charge in [0.25, 0.3) is 0 Å². The number of fused-ring (bicyclic) bond motifs is 3. The average molecular weight is 583 g/mol. The van der Waals surface area contributed by atoms with Crippen LogP contribution >= 0.6 is 11.6 Å². The van der Waals surface area contributed by atoms with E-state index in [1.54, 1.807) is 35.2 Å². The molecule has 0 saturated carbocycles. The molecule has 3 heterocycles. The lowest BCUT2D eigenvalue weighted by atomic mass is 9.75. The molecule has 3 aromatic rings. The highest BCUT2D eigenvalue weighted by molar-refractivity contribution is 7.90. The van der Waals surface area contributed by atoms with Crippen LogP contribution in [0.15, 0.2) is 48.5 Å². The Labute approximate surface area is 228 Å². The lowest BCUT2D eigenvalue weighted by molar-refractivity contribution is -0.129. The zero-order valence-electron chi connectivity index (χ0n) is 21.0. The smallest absolute Gasteiger partial charge is 0.343 e. The fourth-order valence-electron chi connectivity index (χ4n) is 5.44. The highest BCUT2D eigenvalue weighted by Crippen LogP contribution is 2.48. The molecule has 1 saturated heterocycles. The van der Waals surface area contributed by atoms with Crippen LogP contribution in [0.25, 0.3) is 10.9 Å². The molecule has 3 amide bonds. The SMILES string of the molecule is CS(=O)(=O)CCCn1c(CN2C(=O)C3(CN(C(=O)NCC(F)(F)F)C3)c3ccccc32)cc2cc(Cl)ccc21. The number of para-hydroxylation sites is 1. The van der Waals surface area contributed by atoms with Crippen LogP contribution in [0.3, 0.4) is 0 Å². The van der Waals surface area contributed by atoms with E-state index in [-0.39, 0.29) is 31.3 Å². The number of sulfone groups is 1. The number of aryl methyl sites for hydroxylation is 1. The van der Waals surface area contributed by atoms with Crippen LogP contribution in [0.4, 0.5) is 23.7 Å². The third kappa shape index (κ3) is 5.31. The van der Waals surface area contributed by atoms with E-state index in [1.807, 2.05) is 28.1 Å². The van der Waals surface area contributed by atoms with Crippen molar-refractivity contribution in [3.05, 3.63) is 64.8 Å². The van der Waals surface area contributed by atoms with Crippen molar-refractivity contribution < 1.29 is 31.2 Å². The number of aromatic nitrogens is 1. The number of carbonyl (C=O) groups is 2. The van der Waals surface area contributed by atoms with Gasteiger partial charge >= 0.3 is 12.2 Å². The van der Waals surface area contributed by atoms with Gasteiger partial charge in [0, 0.05) is 53.2 Å². The Bertz CT molecular complexity index is 1560. The minimum absolute atomic E-state index is 0.0144. The van der Waals surface area contributed by atoms with E-state index in [1.165, 1.54) is 11.2 Å². The molecule has 0 unspecified atom stereocenters. The minimum Gasteiger partial charge on any atom is -0.343 e. The molecule has 2 aliphatic heterocycles. The fraction of sp³-hybridized carbons (Fsp3) is 0.385. The number of halogens is 4. The highest BCUT2D eigenvalue weighted by Gasteiger charge is 2.59. The summed E-state index contributed by atoms with van der Waals surface area (Å²) < 4.78 is 63.1. The summed E-state index contributed by atoms with van der Waals surface area (Å²) in [6, 6.07) is 13.6. The predicted molar refractivity (Wildman–Crippen MR) is 142 cm³/mol. The molecule has 0 radical (unpaired) electrons. The van der Waals surface area contributed by atoms with Gasteiger partial charge in [0.15, 0.2) is 0 Å². The molecule has 0 bridgehead atoms. The number of benzene rings is 2. The molecule has 0 aliphatic carbocycles. The number of urea groups is 1. The quantitative estimate of drug-likeness (QED) is 0.454. The van der Waals surface area contributed by atoms with Gasteiger partial charge in [0.2, 0.25) is 5.91 Å². The van der Waals surface area contributed by atoms with Gasteiger partial charge in [-0.1, -0.05) is 29.8 Å². The van der Waals surface area contributed by atoms with Crippen LogP contribution in [-0.4, -0.2) is 67.6 Å². The molecule has 1 spiro atoms. The van der Waals surface area contributed by atoms with Crippen LogP contribution in [0, 0.1) is 0 Å². The van der Waals surface area contributed by atoms with Gasteiger partial charge in [-0.25, -0.2) is 13.2 Å². The zero-order valence-corrected chi connectivity index (χ0v) is 22.5. The van der Waals surface area contributed by atoms with E-state index in [2.05, 4.69) is 0 Å². The molecule has 0 atom stereocenters. The Kier molecular flexibility index (Phi) is 6.82. The average Bonchev–Trinajstić information content (AvgIpc) is 3.27. The summed E-state index contributed by atoms with van der Waals surface area (Å²) in [5, 5.41) is 3.25. The number of nitrogens with one attached hydrogen (secondary N) is 1. The Morgan fingerprint density at radius 3 is 2.54 bits per heavy atom. The number of nitrogens with zero attached hydrogens (tertiary/aromatic N) is 3. The molecular weight excluding hydrogens is 557 g/mol. The van der Waals surface area contributed by atoms with Crippen LogP contribution in [0.5, 0.6) is 0 Å². The lowest BCUT2D eigenvalue weighted by Crippen LogP contribution is -2.67. The van der Waals surface area contributed by atoms with Crippen molar-refractivity contribution in [1.29, 1.82) is 0 Å². The number of anilines is 1. The molecule has 39 heavy (non-hydrogen) atoms. The normalized spacial score (nSPS) is 16.6. The third-order valence-corrected chi connectivity index (χ3v) is 8.45. The summed E-state index contributed by atoms with van der Waals surface area (Å²) in [5.74, 6) is -0.227. The van der Waals surface area contributed by atoms with Gasteiger partial charge in [-0.15, -0.1) is 0 Å². The van der Waals surface area contributed by atoms with Gasteiger partial charge in [-0.3, -0.25) is 4.79 Å². The Balaban J connectivity index is 1.42. The number of alkyl halides is 3. The first-order valence-corrected chi connectivity index (χ1v) is 14.7. The maximum absolute atomic E-state index is 13.9. The molecule has 2 aromatic carbocycles. The van der Waals surface area contributed by atoms with Gasteiger partial charge in [0.1, 0.15) is 21.8 Å². The van der Waals surface area contributed by atoms with Crippen LogP contribution < -0.4 is 10.2 Å². The van der Waals surface area contributed by atoms with Gasteiger partial charge < -0.3 is 19.7 Å². The van der Waals surface area contributed by atoms with Gasteiger partial charge in [-0.05, 0) is 42.3 Å². The van der Waals surface area contributed by atoms with E-state index in [9.17, 15) is 31.2 Å². The van der Waals surface area contributed by atoms with Crippen molar-refractivity contribution in [3.63, 3.8) is 0 Å². The molecule has 1 fully saturated rings. The van der Waals surface area contributed by atoms with E-state index in [0.717, 1.165) is 22.2 Å². The molecular formula is C26H26ClF3N4O4S. The monoisotopic (exact) mass is 582 g/mol. The Hall–Kier alpha value is -3.25. The number of carbonyl (C=O) groups excluding carboxylic acids is 2. The first-order valence-electron chi connectivity index (χ1n) is 12.2. The lowest BCUT2D eigenvalue weighted by Gasteiger charge is -2.46. The largest absolute Gasteiger partial charge is 0.405 e. The van der Waals surface area contributed by atoms with Crippen molar-refractivity contribution in [2.24, 2.45) is 0 Å². The molecule has 2 aliphatic rings. The van der Waals surface area contributed by atoms with Crippen molar-refractivity contribution in [1.82, 2.24) is 14.8 Å². The summed E-state index contributed by atoms with van der Waals surface area (Å²) in [5.41, 5.74) is 1.98. The second-order valence-electron chi connectivity index (χ2n) is 10.1. The van der Waals surface area contributed by atoms with Crippen LogP contribution in [0.2, 0.25) is 5.02 Å². The van der Waals surface area contributed by atoms with Crippen molar-refractivity contribution in [2.75, 3.05) is 36.5 Å². The topological polar surface area (TPSA) is 91.7 Å². The number of amides is 3. The molecule has 208 valence electrons. The summed E-state index contributed by atoms with van der Waals surface area (Å²) in [7, 11) is -3.16. The number of rotatable bonds is 7. The van der Waals surface area contributed by atoms with Crippen LogP contribution in [0.1, 0.15) is 17.7 Å². The van der Waals surface area contributed by atoms with Crippen molar-refractivity contribution in [3.8, 4) is 0 Å². The first kappa shape index (κ1) is 27.3. The fourth-order valence-corrected chi connectivity index (χ4v) is 6.27. The predicted octanol–water partition coefficient (Wildman–Crippen LogP) is 4.10. The molecule has 13 heteroatoms. The second kappa shape index (κ2) is 9.74. The van der Waals surface area contributed by atoms with Crippen molar-refractivity contribution >= 4 is 50.0 Å². The maximum Gasteiger partial charge on any atom is 0.405 e. The number of likely N-dealkylation sites (tertiary alicyclic amines) is 1. The Morgan fingerprint density at radius 2 is 1.85 bits per heavy atom. The molecule has 5 rings (SSSR count). The second-order valence-corrected chi connectivity index (χ2v) is 12.8. The highest BCUT2D eigenvalue weighted by atomic mass is 35.5. The third-order valence-electron chi connectivity index (χ3n) is 7.18. The van der Waals surface area contributed by atoms with E-state index >= 15 is 0 Å². The van der Waals surface area contributed by atoms with Crippen LogP contribution in [-0.2, 0) is 33.1 Å². The van der Waals surface area contributed by atoms with E-state index in [4.69, 9.17) is 11.6 Å². The van der Waals surface area contributed by atoms with E-state index < -0.39 is 34.0 Å². The Morgan fingerprint density at radius 1 is 1.13 bits per heavy atom. The first-order chi connectivity index (χ1) is 18.3. The summed E-state index contributed by atoms with van der Waals surface area (Å²) in [6.07, 6.45) is -2.96. The van der Waals surface area contributed by atoms with Gasteiger partial charge in [-0.2, -0.15) is 13.2 Å². The van der Waals surface area contributed by atoms with E-state index in [0.29, 0.717) is 23.7 Å². The molecule has 8 nitrogen and oxygen atoms in total. The number of hydrogen-bond donors (Lipinski definition) is 1. The standard InChI is InChI=1S/C26H26ClF3N4O4S/c1-39(37,38)10-4-9-33-19(12-17-11-18(27)7-8-21(17)33)13-34-22-6-3-2-5-20(22)25(23(34)35)15-32(16-25)24(36)31-14-26(28,29)30/h2-3,5-8,11-12H,4,9-10,13-16H2,1H3,(H,31,36). The minimum atomic E-state index is -4.53. The summed E-state index contributed by atoms with van der Waals surface area (Å²) in [6.45, 7) is -0.912. The van der Waals surface area contributed by atoms with Crippen molar-refractivity contribution in [2.45, 2.75) is 31.1 Å². The summed E-state index contributed by atoms with van der Waals surface area (Å²) >= 11 is 6.20. The summed E-state index contributed by atoms with van der Waals surface area (Å²) in [4.78, 5) is 29.0. The number of hydrogen-bond acceptors (Lipinski definition) is 4. The maximum atomic E-state index is 13.9. The van der Waals surface area contributed by atoms with Gasteiger partial charge in [0.05, 0.1) is 12.3 Å².